The topological polar surface area (TPSA) is 66.8 Å². The van der Waals surface area contributed by atoms with Gasteiger partial charge in [0.05, 0.1) is 13.2 Å². The summed E-state index contributed by atoms with van der Waals surface area (Å²) in [6.45, 7) is 3.79. The van der Waals surface area contributed by atoms with Gasteiger partial charge in [-0.15, -0.1) is 0 Å². The van der Waals surface area contributed by atoms with Crippen LogP contribution in [0.3, 0.4) is 0 Å². The van der Waals surface area contributed by atoms with Crippen LogP contribution in [0.4, 0.5) is 0 Å². The second kappa shape index (κ2) is 5.11. The number of carbonyl (C=O) groups is 1. The van der Waals surface area contributed by atoms with E-state index in [1.807, 2.05) is 13.8 Å². The molecule has 0 aromatic rings. The van der Waals surface area contributed by atoms with Gasteiger partial charge in [-0.3, -0.25) is 0 Å². The molecule has 0 saturated carbocycles. The first-order valence-electron chi connectivity index (χ1n) is 3.93. The Kier molecular flexibility index (Phi) is 4.85. The first-order valence-corrected chi connectivity index (χ1v) is 3.93. The van der Waals surface area contributed by atoms with E-state index in [1.165, 1.54) is 7.11 Å². The fourth-order valence-electron chi connectivity index (χ4n) is 0.890. The lowest BCUT2D eigenvalue weighted by molar-refractivity contribution is -0.157. The Morgan fingerprint density at radius 2 is 1.92 bits per heavy atom. The second-order valence-corrected chi connectivity index (χ2v) is 3.16. The van der Waals surface area contributed by atoms with E-state index in [0.29, 0.717) is 6.42 Å². The van der Waals surface area contributed by atoms with Crippen molar-refractivity contribution in [2.45, 2.75) is 32.5 Å². The van der Waals surface area contributed by atoms with Crippen LogP contribution in [-0.2, 0) is 9.53 Å². The maximum atomic E-state index is 10.7. The van der Waals surface area contributed by atoms with Crippen molar-refractivity contribution in [1.82, 2.24) is 0 Å². The van der Waals surface area contributed by atoms with Crippen molar-refractivity contribution in [1.29, 1.82) is 0 Å². The van der Waals surface area contributed by atoms with Crippen LogP contribution in [0.15, 0.2) is 0 Å². The summed E-state index contributed by atoms with van der Waals surface area (Å²) in [4.78, 5) is 10.7. The van der Waals surface area contributed by atoms with Gasteiger partial charge in [0.25, 0.3) is 0 Å². The van der Waals surface area contributed by atoms with Crippen molar-refractivity contribution in [2.24, 2.45) is 5.92 Å². The monoisotopic (exact) mass is 176 g/mol. The number of aliphatic hydroxyl groups is 2. The van der Waals surface area contributed by atoms with Gasteiger partial charge in [-0.2, -0.15) is 0 Å². The predicted molar refractivity (Wildman–Crippen MR) is 43.5 cm³/mol. The molecule has 0 saturated heterocycles. The molecule has 0 fully saturated rings. The molecule has 72 valence electrons. The number of carbonyl (C=O) groups excluding carboxylic acids is 1. The summed E-state index contributed by atoms with van der Waals surface area (Å²) in [5.41, 5.74) is 0. The Morgan fingerprint density at radius 1 is 1.42 bits per heavy atom. The molecule has 0 spiro atoms. The van der Waals surface area contributed by atoms with E-state index in [4.69, 9.17) is 5.11 Å². The number of esters is 1. The van der Waals surface area contributed by atoms with Crippen molar-refractivity contribution >= 4 is 5.97 Å². The molecule has 0 heterocycles. The highest BCUT2D eigenvalue weighted by molar-refractivity contribution is 5.74. The van der Waals surface area contributed by atoms with Gasteiger partial charge in [-0.1, -0.05) is 13.8 Å². The highest BCUT2D eigenvalue weighted by Gasteiger charge is 2.25. The molecule has 4 nitrogen and oxygen atoms in total. The van der Waals surface area contributed by atoms with Crippen LogP contribution < -0.4 is 0 Å². The van der Waals surface area contributed by atoms with Crippen LogP contribution in [0.1, 0.15) is 20.3 Å². The van der Waals surface area contributed by atoms with Gasteiger partial charge in [0.1, 0.15) is 0 Å². The summed E-state index contributed by atoms with van der Waals surface area (Å²) >= 11 is 0. The van der Waals surface area contributed by atoms with Gasteiger partial charge in [0.2, 0.25) is 0 Å². The molecule has 0 aliphatic carbocycles. The van der Waals surface area contributed by atoms with Crippen LogP contribution >= 0.6 is 0 Å². The quantitative estimate of drug-likeness (QED) is 0.588. The Bertz CT molecular complexity index is 144. The molecule has 0 unspecified atom stereocenters. The predicted octanol–water partition coefficient (Wildman–Crippen LogP) is -0.0727. The van der Waals surface area contributed by atoms with Gasteiger partial charge in [0.15, 0.2) is 6.10 Å². The summed E-state index contributed by atoms with van der Waals surface area (Å²) in [5.74, 6) is -0.553. The average Bonchev–Trinajstić information content (AvgIpc) is 2.00. The van der Waals surface area contributed by atoms with E-state index in [-0.39, 0.29) is 5.92 Å². The zero-order valence-corrected chi connectivity index (χ0v) is 7.65. The van der Waals surface area contributed by atoms with Gasteiger partial charge in [-0.05, 0) is 12.3 Å². The SMILES string of the molecule is COC(=O)[C@@H](O)[C@H](O)CC(C)C. The maximum absolute atomic E-state index is 10.7. The number of ether oxygens (including phenoxy) is 1. The summed E-state index contributed by atoms with van der Waals surface area (Å²) < 4.78 is 4.27. The molecule has 4 heteroatoms. The minimum absolute atomic E-state index is 0.235. The normalized spacial score (nSPS) is 15.8. The first kappa shape index (κ1) is 11.4. The molecule has 0 amide bonds. The van der Waals surface area contributed by atoms with E-state index in [2.05, 4.69) is 4.74 Å². The Morgan fingerprint density at radius 3 is 2.25 bits per heavy atom. The van der Waals surface area contributed by atoms with Crippen LogP contribution in [0, 0.1) is 5.92 Å². The zero-order chi connectivity index (χ0) is 9.72. The van der Waals surface area contributed by atoms with Crippen LogP contribution in [0.25, 0.3) is 0 Å². The van der Waals surface area contributed by atoms with Crippen molar-refractivity contribution in [3.8, 4) is 0 Å². The standard InChI is InChI=1S/C8H16O4/c1-5(2)4-6(9)7(10)8(11)12-3/h5-7,9-10H,4H2,1-3H3/t6-,7+/m1/s1. The minimum Gasteiger partial charge on any atom is -0.467 e. The third-order valence-corrected chi connectivity index (χ3v) is 1.52. The Balaban J connectivity index is 3.91. The molecule has 0 aliphatic rings. The average molecular weight is 176 g/mol. The summed E-state index contributed by atoms with van der Waals surface area (Å²) in [5, 5.41) is 18.3. The number of rotatable bonds is 4. The van der Waals surface area contributed by atoms with Crippen LogP contribution in [-0.4, -0.2) is 35.5 Å². The zero-order valence-electron chi connectivity index (χ0n) is 7.65. The molecule has 0 aromatic heterocycles. The lowest BCUT2D eigenvalue weighted by Gasteiger charge is -2.16. The summed E-state index contributed by atoms with van der Waals surface area (Å²) in [6.07, 6.45) is -2.06. The molecule has 12 heavy (non-hydrogen) atoms. The second-order valence-electron chi connectivity index (χ2n) is 3.16. The van der Waals surface area contributed by atoms with Gasteiger partial charge in [0, 0.05) is 0 Å². The molecule has 0 bridgehead atoms. The van der Waals surface area contributed by atoms with Gasteiger partial charge < -0.3 is 14.9 Å². The number of hydrogen-bond acceptors (Lipinski definition) is 4. The molecule has 2 atom stereocenters. The number of methoxy groups -OCH3 is 1. The molecule has 2 N–H and O–H groups in total. The number of aliphatic hydroxyl groups excluding tert-OH is 2. The van der Waals surface area contributed by atoms with Crippen molar-refractivity contribution in [3.05, 3.63) is 0 Å². The third-order valence-electron chi connectivity index (χ3n) is 1.52. The lowest BCUT2D eigenvalue weighted by atomic mass is 10.0. The van der Waals surface area contributed by atoms with Crippen molar-refractivity contribution < 1.29 is 19.7 Å². The fourth-order valence-corrected chi connectivity index (χ4v) is 0.890. The van der Waals surface area contributed by atoms with Gasteiger partial charge >= 0.3 is 5.97 Å². The molecule has 0 radical (unpaired) electrons. The number of hydrogen-bond donors (Lipinski definition) is 2. The third kappa shape index (κ3) is 3.69. The first-order chi connectivity index (χ1) is 5.49. The summed E-state index contributed by atoms with van der Waals surface area (Å²) in [6, 6.07) is 0. The Labute approximate surface area is 72.2 Å². The van der Waals surface area contributed by atoms with Crippen LogP contribution in [0.2, 0.25) is 0 Å². The molecular weight excluding hydrogens is 160 g/mol. The minimum atomic E-state index is -1.42. The van der Waals surface area contributed by atoms with Crippen LogP contribution in [0.5, 0.6) is 0 Å². The maximum Gasteiger partial charge on any atom is 0.337 e. The molecule has 0 aromatic carbocycles. The highest BCUT2D eigenvalue weighted by atomic mass is 16.5. The van der Waals surface area contributed by atoms with E-state index in [9.17, 15) is 9.90 Å². The van der Waals surface area contributed by atoms with Crippen molar-refractivity contribution in [3.63, 3.8) is 0 Å². The van der Waals surface area contributed by atoms with Gasteiger partial charge in [-0.25, -0.2) is 4.79 Å². The lowest BCUT2D eigenvalue weighted by Crippen LogP contribution is -2.35. The smallest absolute Gasteiger partial charge is 0.337 e. The fraction of sp³-hybridized carbons (Fsp3) is 0.875. The highest BCUT2D eigenvalue weighted by Crippen LogP contribution is 2.08. The molecular formula is C8H16O4. The molecule has 0 aliphatic heterocycles. The largest absolute Gasteiger partial charge is 0.467 e. The summed E-state index contributed by atoms with van der Waals surface area (Å²) in [7, 11) is 1.17. The van der Waals surface area contributed by atoms with E-state index >= 15 is 0 Å². The van der Waals surface area contributed by atoms with E-state index in [0.717, 1.165) is 0 Å². The molecule has 0 rings (SSSR count). The van der Waals surface area contributed by atoms with E-state index < -0.39 is 18.2 Å². The van der Waals surface area contributed by atoms with E-state index in [1.54, 1.807) is 0 Å². The van der Waals surface area contributed by atoms with Crippen molar-refractivity contribution in [2.75, 3.05) is 7.11 Å². The Hall–Kier alpha value is -0.610.